The fourth-order valence-electron chi connectivity index (χ4n) is 1.25. The van der Waals surface area contributed by atoms with Crippen molar-refractivity contribution in [2.45, 2.75) is 0 Å². The number of nitrogens with one attached hydrogen (secondary N) is 1. The Bertz CT molecular complexity index is 562. The Kier molecular flexibility index (Phi) is 3.29. The van der Waals surface area contributed by atoms with Gasteiger partial charge < -0.3 is 5.32 Å². The lowest BCUT2D eigenvalue weighted by molar-refractivity contribution is -0.384. The zero-order valence-corrected chi connectivity index (χ0v) is 10.1. The van der Waals surface area contributed by atoms with Gasteiger partial charge in [-0.1, -0.05) is 0 Å². The van der Waals surface area contributed by atoms with Crippen LogP contribution in [0, 0.1) is 10.1 Å². The predicted molar refractivity (Wildman–Crippen MR) is 66.1 cm³/mol. The number of hydrogen-bond acceptors (Lipinski definition) is 5. The zero-order chi connectivity index (χ0) is 12.3. The van der Waals surface area contributed by atoms with E-state index in [0.717, 1.165) is 0 Å². The quantitative estimate of drug-likeness (QED) is 0.535. The van der Waals surface area contributed by atoms with Gasteiger partial charge in [-0.15, -0.1) is 0 Å². The topological polar surface area (TPSA) is 81.0 Å². The van der Waals surface area contributed by atoms with Crippen LogP contribution in [0.1, 0.15) is 0 Å². The molecule has 0 aliphatic carbocycles. The van der Waals surface area contributed by atoms with Crippen LogP contribution in [0.15, 0.2) is 41.3 Å². The molecule has 0 fully saturated rings. The van der Waals surface area contributed by atoms with Crippen molar-refractivity contribution in [1.29, 1.82) is 0 Å². The third-order valence-electron chi connectivity index (χ3n) is 2.00. The van der Waals surface area contributed by atoms with Gasteiger partial charge >= 0.3 is 5.69 Å². The molecule has 17 heavy (non-hydrogen) atoms. The molecule has 0 unspecified atom stereocenters. The van der Waals surface area contributed by atoms with Gasteiger partial charge in [0.15, 0.2) is 0 Å². The van der Waals surface area contributed by atoms with Crippen molar-refractivity contribution in [3.63, 3.8) is 0 Å². The van der Waals surface area contributed by atoms with Crippen LogP contribution in [-0.2, 0) is 0 Å². The minimum Gasteiger partial charge on any atom is -0.332 e. The summed E-state index contributed by atoms with van der Waals surface area (Å²) in [4.78, 5) is 18.2. The van der Waals surface area contributed by atoms with Crippen molar-refractivity contribution in [3.8, 4) is 0 Å². The molecule has 0 saturated heterocycles. The summed E-state index contributed by atoms with van der Waals surface area (Å²) in [5.74, 6) is 0.186. The van der Waals surface area contributed by atoms with Crippen molar-refractivity contribution < 1.29 is 4.92 Å². The first-order valence-electron chi connectivity index (χ1n) is 4.65. The van der Waals surface area contributed by atoms with Gasteiger partial charge in [-0.3, -0.25) is 10.1 Å². The monoisotopic (exact) mass is 294 g/mol. The highest BCUT2D eigenvalue weighted by molar-refractivity contribution is 9.10. The lowest BCUT2D eigenvalue weighted by Crippen LogP contribution is -2.00. The number of rotatable bonds is 3. The molecule has 0 radical (unpaired) electrons. The van der Waals surface area contributed by atoms with Crippen LogP contribution < -0.4 is 5.32 Å². The van der Waals surface area contributed by atoms with Gasteiger partial charge in [-0.25, -0.2) is 9.97 Å². The minimum atomic E-state index is -0.487. The zero-order valence-electron chi connectivity index (χ0n) is 8.50. The van der Waals surface area contributed by atoms with Crippen LogP contribution >= 0.6 is 15.9 Å². The van der Waals surface area contributed by atoms with Gasteiger partial charge in [-0.05, 0) is 34.1 Å². The first kappa shape index (κ1) is 11.5. The molecule has 86 valence electrons. The standard InChI is InChI=1S/C10H7BrN4O2/c11-9-7(3-1-5-12-9)14-10-8(15(16)17)4-2-6-13-10/h1-6H,(H,13,14). The van der Waals surface area contributed by atoms with Gasteiger partial charge in [0.25, 0.3) is 0 Å². The number of nitro groups is 1. The smallest absolute Gasteiger partial charge is 0.311 e. The maximum Gasteiger partial charge on any atom is 0.311 e. The Hall–Kier alpha value is -2.02. The van der Waals surface area contributed by atoms with Gasteiger partial charge in [-0.2, -0.15) is 0 Å². The van der Waals surface area contributed by atoms with Crippen molar-refractivity contribution in [2.24, 2.45) is 0 Å². The van der Waals surface area contributed by atoms with Gasteiger partial charge in [0, 0.05) is 18.5 Å². The Morgan fingerprint density at radius 1 is 1.24 bits per heavy atom. The first-order valence-corrected chi connectivity index (χ1v) is 5.45. The number of nitrogens with zero attached hydrogens (tertiary/aromatic N) is 3. The second-order valence-corrected chi connectivity index (χ2v) is 3.85. The maximum atomic E-state index is 10.8. The summed E-state index contributed by atoms with van der Waals surface area (Å²) in [5.41, 5.74) is 0.539. The summed E-state index contributed by atoms with van der Waals surface area (Å²) in [6.07, 6.45) is 3.10. The predicted octanol–water partition coefficient (Wildman–Crippen LogP) is 2.89. The first-order chi connectivity index (χ1) is 8.18. The molecule has 0 bridgehead atoms. The van der Waals surface area contributed by atoms with Crippen LogP contribution in [0.4, 0.5) is 17.2 Å². The molecule has 0 saturated carbocycles. The summed E-state index contributed by atoms with van der Waals surface area (Å²) in [6, 6.07) is 6.37. The van der Waals surface area contributed by atoms with Crippen molar-refractivity contribution in [3.05, 3.63) is 51.4 Å². The SMILES string of the molecule is O=[N+]([O-])c1cccnc1Nc1cccnc1Br. The Labute approximate surface area is 105 Å². The molecule has 0 aromatic carbocycles. The lowest BCUT2D eigenvalue weighted by atomic mass is 10.3. The van der Waals surface area contributed by atoms with E-state index in [0.29, 0.717) is 10.3 Å². The maximum absolute atomic E-state index is 10.8. The molecule has 0 atom stereocenters. The second-order valence-electron chi connectivity index (χ2n) is 3.10. The molecule has 0 amide bonds. The van der Waals surface area contributed by atoms with Gasteiger partial charge in [0.2, 0.25) is 5.82 Å². The summed E-state index contributed by atoms with van der Waals surface area (Å²) in [7, 11) is 0. The highest BCUT2D eigenvalue weighted by atomic mass is 79.9. The molecule has 2 heterocycles. The number of halogens is 1. The largest absolute Gasteiger partial charge is 0.332 e. The highest BCUT2D eigenvalue weighted by Crippen LogP contribution is 2.27. The van der Waals surface area contributed by atoms with Crippen LogP contribution in [-0.4, -0.2) is 14.9 Å². The van der Waals surface area contributed by atoms with Crippen molar-refractivity contribution in [2.75, 3.05) is 5.32 Å². The Morgan fingerprint density at radius 3 is 2.65 bits per heavy atom. The minimum absolute atomic E-state index is 0.0803. The third kappa shape index (κ3) is 2.56. The van der Waals surface area contributed by atoms with E-state index in [1.54, 1.807) is 18.3 Å². The summed E-state index contributed by atoms with van der Waals surface area (Å²) in [6.45, 7) is 0. The fourth-order valence-corrected chi connectivity index (χ4v) is 1.60. The van der Waals surface area contributed by atoms with Crippen molar-refractivity contribution in [1.82, 2.24) is 9.97 Å². The van der Waals surface area contributed by atoms with E-state index in [2.05, 4.69) is 31.2 Å². The van der Waals surface area contributed by atoms with Gasteiger partial charge in [0.1, 0.15) is 4.60 Å². The molecule has 7 heteroatoms. The number of anilines is 2. The molecule has 0 aliphatic rings. The number of aromatic nitrogens is 2. The summed E-state index contributed by atoms with van der Waals surface area (Å²) < 4.78 is 0.569. The normalized spacial score (nSPS) is 9.94. The molecular formula is C10H7BrN4O2. The van der Waals surface area contributed by atoms with Crippen LogP contribution in [0.2, 0.25) is 0 Å². The Balaban J connectivity index is 2.37. The fraction of sp³-hybridized carbons (Fsp3) is 0. The van der Waals surface area contributed by atoms with Crippen LogP contribution in [0.25, 0.3) is 0 Å². The van der Waals surface area contributed by atoms with E-state index in [-0.39, 0.29) is 11.5 Å². The average molecular weight is 295 g/mol. The van der Waals surface area contributed by atoms with E-state index in [9.17, 15) is 10.1 Å². The van der Waals surface area contributed by atoms with E-state index in [4.69, 9.17) is 0 Å². The molecule has 6 nitrogen and oxygen atoms in total. The average Bonchev–Trinajstić information content (AvgIpc) is 2.32. The van der Waals surface area contributed by atoms with E-state index >= 15 is 0 Å². The second kappa shape index (κ2) is 4.88. The summed E-state index contributed by atoms with van der Waals surface area (Å²) in [5, 5.41) is 13.7. The molecule has 1 N–H and O–H groups in total. The number of pyridine rings is 2. The van der Waals surface area contributed by atoms with E-state index in [1.807, 2.05) is 0 Å². The Morgan fingerprint density at radius 2 is 1.94 bits per heavy atom. The van der Waals surface area contributed by atoms with E-state index in [1.165, 1.54) is 18.3 Å². The van der Waals surface area contributed by atoms with Crippen LogP contribution in [0.5, 0.6) is 0 Å². The third-order valence-corrected chi connectivity index (χ3v) is 2.63. The molecular weight excluding hydrogens is 288 g/mol. The molecule has 2 aromatic rings. The highest BCUT2D eigenvalue weighted by Gasteiger charge is 2.14. The summed E-state index contributed by atoms with van der Waals surface area (Å²) >= 11 is 3.24. The van der Waals surface area contributed by atoms with Crippen molar-refractivity contribution >= 4 is 33.1 Å². The number of hydrogen-bond donors (Lipinski definition) is 1. The van der Waals surface area contributed by atoms with Crippen LogP contribution in [0.3, 0.4) is 0 Å². The molecule has 2 rings (SSSR count). The molecule has 0 spiro atoms. The molecule has 0 aliphatic heterocycles. The van der Waals surface area contributed by atoms with E-state index < -0.39 is 4.92 Å². The molecule has 2 aromatic heterocycles. The van der Waals surface area contributed by atoms with Gasteiger partial charge in [0.05, 0.1) is 10.6 Å². The lowest BCUT2D eigenvalue weighted by Gasteiger charge is -2.06.